The van der Waals surface area contributed by atoms with E-state index in [0.717, 1.165) is 10.4 Å². The van der Waals surface area contributed by atoms with Gasteiger partial charge in [0.25, 0.3) is 5.56 Å². The highest BCUT2D eigenvalue weighted by atomic mass is 31.2. The molecule has 22 heavy (non-hydrogen) atoms. The quantitative estimate of drug-likeness (QED) is 0.456. The number of H-pyrrole nitrogens is 1. The van der Waals surface area contributed by atoms with Crippen LogP contribution < -0.4 is 11.2 Å². The molecule has 124 valence electrons. The van der Waals surface area contributed by atoms with Crippen molar-refractivity contribution in [3.63, 3.8) is 0 Å². The summed E-state index contributed by atoms with van der Waals surface area (Å²) in [5.74, 6) is 1.08. The SMILES string of the molecule is COCC(OC(/C=C/P(O)O)CO)n1cc(C)c(=O)[nH]c1=O. The highest BCUT2D eigenvalue weighted by molar-refractivity contribution is 7.48. The van der Waals surface area contributed by atoms with Crippen LogP contribution in [-0.2, 0) is 9.47 Å². The first-order valence-electron chi connectivity index (χ1n) is 6.31. The minimum absolute atomic E-state index is 0.0112. The fraction of sp³-hybridized carbons (Fsp3) is 0.500. The van der Waals surface area contributed by atoms with E-state index in [2.05, 4.69) is 4.98 Å². The third kappa shape index (κ3) is 5.45. The molecule has 0 bridgehead atoms. The summed E-state index contributed by atoms with van der Waals surface area (Å²) in [6.45, 7) is 1.09. The molecule has 1 aromatic rings. The molecular formula is C12H19N2O7P. The van der Waals surface area contributed by atoms with Crippen LogP contribution in [0.2, 0.25) is 0 Å². The molecule has 9 nitrogen and oxygen atoms in total. The lowest BCUT2D eigenvalue weighted by Crippen LogP contribution is -2.37. The van der Waals surface area contributed by atoms with Crippen molar-refractivity contribution in [3.8, 4) is 0 Å². The number of rotatable bonds is 8. The zero-order valence-corrected chi connectivity index (χ0v) is 13.1. The van der Waals surface area contributed by atoms with E-state index >= 15 is 0 Å². The maximum Gasteiger partial charge on any atom is 0.330 e. The fourth-order valence-electron chi connectivity index (χ4n) is 1.65. The normalized spacial score (nSPS) is 14.6. The summed E-state index contributed by atoms with van der Waals surface area (Å²) in [4.78, 5) is 43.1. The average Bonchev–Trinajstić information content (AvgIpc) is 2.46. The van der Waals surface area contributed by atoms with Gasteiger partial charge in [-0.2, -0.15) is 0 Å². The van der Waals surface area contributed by atoms with Crippen LogP contribution in [-0.4, -0.2) is 50.9 Å². The van der Waals surface area contributed by atoms with Gasteiger partial charge in [0, 0.05) is 18.9 Å². The maximum absolute atomic E-state index is 11.9. The molecule has 0 saturated heterocycles. The van der Waals surface area contributed by atoms with Gasteiger partial charge in [0.1, 0.15) is 6.10 Å². The monoisotopic (exact) mass is 334 g/mol. The number of nitrogens with one attached hydrogen (secondary N) is 1. The molecule has 1 aromatic heterocycles. The van der Waals surface area contributed by atoms with Gasteiger partial charge in [-0.1, -0.05) is 0 Å². The summed E-state index contributed by atoms with van der Waals surface area (Å²) < 4.78 is 11.6. The van der Waals surface area contributed by atoms with E-state index in [0.29, 0.717) is 5.56 Å². The van der Waals surface area contributed by atoms with Crippen LogP contribution in [0.3, 0.4) is 0 Å². The number of nitrogens with zero attached hydrogens (tertiary/aromatic N) is 1. The Hall–Kier alpha value is -1.35. The summed E-state index contributed by atoms with van der Waals surface area (Å²) in [6.07, 6.45) is 0.827. The molecular weight excluding hydrogens is 315 g/mol. The lowest BCUT2D eigenvalue weighted by atomic mass is 10.3. The molecule has 2 atom stereocenters. The lowest BCUT2D eigenvalue weighted by Gasteiger charge is -2.23. The maximum atomic E-state index is 11.9. The van der Waals surface area contributed by atoms with Crippen LogP contribution in [0.1, 0.15) is 11.8 Å². The summed E-state index contributed by atoms with van der Waals surface area (Å²) in [5.41, 5.74) is -0.859. The summed E-state index contributed by atoms with van der Waals surface area (Å²) in [7, 11) is -0.853. The van der Waals surface area contributed by atoms with Crippen LogP contribution in [0.15, 0.2) is 27.7 Å². The lowest BCUT2D eigenvalue weighted by molar-refractivity contribution is -0.0874. The molecule has 4 N–H and O–H groups in total. The molecule has 0 aromatic carbocycles. The summed E-state index contributed by atoms with van der Waals surface area (Å²) >= 11 is 0. The van der Waals surface area contributed by atoms with Crippen molar-refractivity contribution in [1.29, 1.82) is 0 Å². The number of aromatic nitrogens is 2. The largest absolute Gasteiger partial charge is 0.393 e. The van der Waals surface area contributed by atoms with Crippen molar-refractivity contribution >= 4 is 8.38 Å². The Morgan fingerprint density at radius 3 is 2.68 bits per heavy atom. The summed E-state index contributed by atoms with van der Waals surface area (Å²) in [6, 6.07) is 0. The van der Waals surface area contributed by atoms with Crippen molar-refractivity contribution in [2.24, 2.45) is 0 Å². The Morgan fingerprint density at radius 2 is 2.14 bits per heavy atom. The number of aromatic amines is 1. The Bertz CT molecular complexity index is 610. The van der Waals surface area contributed by atoms with Gasteiger partial charge < -0.3 is 24.4 Å². The second kappa shape index (κ2) is 8.94. The Kier molecular flexibility index (Phi) is 7.60. The average molecular weight is 334 g/mol. The van der Waals surface area contributed by atoms with Gasteiger partial charge in [-0.3, -0.25) is 14.3 Å². The number of aliphatic hydroxyl groups is 1. The van der Waals surface area contributed by atoms with Gasteiger partial charge in [0.15, 0.2) is 14.6 Å². The van der Waals surface area contributed by atoms with Crippen LogP contribution in [0, 0.1) is 6.92 Å². The van der Waals surface area contributed by atoms with E-state index in [1.165, 1.54) is 26.3 Å². The van der Waals surface area contributed by atoms with E-state index in [-0.39, 0.29) is 6.61 Å². The van der Waals surface area contributed by atoms with Gasteiger partial charge in [0.2, 0.25) is 0 Å². The smallest absolute Gasteiger partial charge is 0.330 e. The Balaban J connectivity index is 3.05. The van der Waals surface area contributed by atoms with E-state index in [1.807, 2.05) is 0 Å². The van der Waals surface area contributed by atoms with Gasteiger partial charge in [0.05, 0.1) is 13.2 Å². The second-order valence-corrected chi connectivity index (χ2v) is 5.35. The highest BCUT2D eigenvalue weighted by Crippen LogP contribution is 2.25. The molecule has 0 spiro atoms. The molecule has 10 heteroatoms. The minimum Gasteiger partial charge on any atom is -0.393 e. The fourth-order valence-corrected chi connectivity index (χ4v) is 2.00. The van der Waals surface area contributed by atoms with E-state index in [4.69, 9.17) is 19.3 Å². The van der Waals surface area contributed by atoms with Gasteiger partial charge in [-0.05, 0) is 18.8 Å². The number of ether oxygens (including phenoxy) is 2. The van der Waals surface area contributed by atoms with E-state index in [1.54, 1.807) is 0 Å². The third-order valence-electron chi connectivity index (χ3n) is 2.71. The van der Waals surface area contributed by atoms with Crippen molar-refractivity contribution < 1.29 is 24.4 Å². The standard InChI is InChI=1S/C12H19N2O7P/c1-8-5-14(12(17)13-11(8)16)10(7-20-2)21-9(6-15)3-4-22(18)19/h3-5,9-10,15,18-19H,6-7H2,1-2H3,(H,13,16,17)/b4-3+. The predicted octanol–water partition coefficient (Wildman–Crippen LogP) is -0.822. The topological polar surface area (TPSA) is 134 Å². The Labute approximate surface area is 127 Å². The zero-order chi connectivity index (χ0) is 16.7. The van der Waals surface area contributed by atoms with E-state index in [9.17, 15) is 14.7 Å². The minimum atomic E-state index is -2.26. The van der Waals surface area contributed by atoms with Crippen molar-refractivity contribution in [1.82, 2.24) is 9.55 Å². The molecule has 0 saturated carbocycles. The third-order valence-corrected chi connectivity index (χ3v) is 3.15. The second-order valence-electron chi connectivity index (χ2n) is 4.41. The van der Waals surface area contributed by atoms with E-state index < -0.39 is 38.6 Å². The first-order chi connectivity index (χ1) is 10.4. The number of hydrogen-bond acceptors (Lipinski definition) is 7. The first-order valence-corrected chi connectivity index (χ1v) is 7.63. The van der Waals surface area contributed by atoms with Crippen LogP contribution in [0.4, 0.5) is 0 Å². The molecule has 0 radical (unpaired) electrons. The van der Waals surface area contributed by atoms with Gasteiger partial charge >= 0.3 is 5.69 Å². The molecule has 0 aliphatic carbocycles. The molecule has 0 aliphatic rings. The number of methoxy groups -OCH3 is 1. The molecule has 0 amide bonds. The predicted molar refractivity (Wildman–Crippen MR) is 79.4 cm³/mol. The van der Waals surface area contributed by atoms with Crippen molar-refractivity contribution in [2.45, 2.75) is 19.3 Å². The number of hydrogen-bond donors (Lipinski definition) is 4. The van der Waals surface area contributed by atoms with Gasteiger partial charge in [-0.25, -0.2) is 4.79 Å². The van der Waals surface area contributed by atoms with Crippen LogP contribution in [0.25, 0.3) is 0 Å². The number of aryl methyl sites for hydroxylation is 1. The molecule has 0 aliphatic heterocycles. The highest BCUT2D eigenvalue weighted by Gasteiger charge is 2.18. The molecule has 1 heterocycles. The van der Waals surface area contributed by atoms with Crippen molar-refractivity contribution in [3.05, 3.63) is 44.5 Å². The number of aliphatic hydroxyl groups excluding tert-OH is 1. The molecule has 1 rings (SSSR count). The van der Waals surface area contributed by atoms with Crippen molar-refractivity contribution in [2.75, 3.05) is 20.3 Å². The molecule has 2 unspecified atom stereocenters. The zero-order valence-electron chi connectivity index (χ0n) is 12.2. The van der Waals surface area contributed by atoms with Gasteiger partial charge in [-0.15, -0.1) is 0 Å². The van der Waals surface area contributed by atoms with Crippen LogP contribution >= 0.6 is 8.38 Å². The molecule has 0 fully saturated rings. The summed E-state index contributed by atoms with van der Waals surface area (Å²) in [5, 5.41) is 9.25. The first kappa shape index (κ1) is 18.7. The van der Waals surface area contributed by atoms with Crippen LogP contribution in [0.5, 0.6) is 0 Å². The Morgan fingerprint density at radius 1 is 1.45 bits per heavy atom.